The Labute approximate surface area is 213 Å². The van der Waals surface area contributed by atoms with Crippen LogP contribution in [0.15, 0.2) is 65.2 Å². The van der Waals surface area contributed by atoms with Gasteiger partial charge in [-0.05, 0) is 72.9 Å². The van der Waals surface area contributed by atoms with Gasteiger partial charge in [-0.25, -0.2) is 4.98 Å². The topological polar surface area (TPSA) is 38.9 Å². The molecule has 0 aliphatic heterocycles. The zero-order chi connectivity index (χ0) is 25.2. The van der Waals surface area contributed by atoms with Gasteiger partial charge in [-0.15, -0.1) is 0 Å². The van der Waals surface area contributed by atoms with Gasteiger partial charge in [-0.2, -0.15) is 0 Å². The van der Waals surface area contributed by atoms with Crippen LogP contribution in [0.5, 0.6) is 0 Å². The van der Waals surface area contributed by atoms with Crippen LogP contribution in [-0.2, 0) is 5.41 Å². The van der Waals surface area contributed by atoms with Crippen LogP contribution >= 0.6 is 0 Å². The van der Waals surface area contributed by atoms with E-state index in [-0.39, 0.29) is 5.41 Å². The maximum Gasteiger partial charge on any atom is 0.227 e. The first kappa shape index (κ1) is 23.0. The van der Waals surface area contributed by atoms with Crippen molar-refractivity contribution in [3.8, 4) is 22.4 Å². The lowest BCUT2D eigenvalue weighted by Gasteiger charge is -2.34. The van der Waals surface area contributed by atoms with Crippen molar-refractivity contribution in [2.75, 3.05) is 0 Å². The summed E-state index contributed by atoms with van der Waals surface area (Å²) in [6.07, 6.45) is 4.07. The molecule has 3 heterocycles. The molecular weight excluding hydrogens is 440 g/mol. The van der Waals surface area contributed by atoms with Gasteiger partial charge in [0.15, 0.2) is 0 Å². The zero-order valence-corrected chi connectivity index (χ0v) is 22.1. The molecule has 0 saturated heterocycles. The summed E-state index contributed by atoms with van der Waals surface area (Å²) >= 11 is 0. The molecule has 5 aromatic rings. The normalized spacial score (nSPS) is 14.2. The summed E-state index contributed by atoms with van der Waals surface area (Å²) in [5, 5.41) is 2.18. The minimum absolute atomic E-state index is 0.0985. The van der Waals surface area contributed by atoms with E-state index in [0.717, 1.165) is 57.3 Å². The Bertz CT molecular complexity index is 1600. The molecule has 1 aliphatic carbocycles. The molecule has 6 rings (SSSR count). The van der Waals surface area contributed by atoms with Gasteiger partial charge in [0.25, 0.3) is 0 Å². The van der Waals surface area contributed by atoms with Crippen molar-refractivity contribution >= 4 is 22.1 Å². The Balaban J connectivity index is 1.66. The van der Waals surface area contributed by atoms with Crippen LogP contribution in [0.4, 0.5) is 0 Å². The lowest BCUT2D eigenvalue weighted by molar-refractivity contribution is 0.331. The maximum atomic E-state index is 6.63. The fraction of sp³-hybridized carbons (Fsp3) is 0.333. The fourth-order valence-corrected chi connectivity index (χ4v) is 6.52. The second-order valence-electron chi connectivity index (χ2n) is 11.5. The molecule has 0 fully saturated rings. The summed E-state index contributed by atoms with van der Waals surface area (Å²) in [6, 6.07) is 19.8. The number of aromatic nitrogens is 2. The second-order valence-corrected chi connectivity index (χ2v) is 11.5. The highest BCUT2D eigenvalue weighted by atomic mass is 16.3. The van der Waals surface area contributed by atoms with E-state index in [9.17, 15) is 0 Å². The van der Waals surface area contributed by atoms with Crippen molar-refractivity contribution in [3.63, 3.8) is 0 Å². The molecule has 182 valence electrons. The minimum Gasteiger partial charge on any atom is -0.437 e. The highest BCUT2D eigenvalue weighted by Gasteiger charge is 2.45. The van der Waals surface area contributed by atoms with Gasteiger partial charge in [-0.3, -0.25) is 4.98 Å². The van der Waals surface area contributed by atoms with Crippen LogP contribution in [0, 0.1) is 25.7 Å². The van der Waals surface area contributed by atoms with Crippen molar-refractivity contribution < 1.29 is 4.42 Å². The van der Waals surface area contributed by atoms with E-state index in [4.69, 9.17) is 14.4 Å². The first-order valence-electron chi connectivity index (χ1n) is 13.2. The van der Waals surface area contributed by atoms with Crippen LogP contribution in [0.25, 0.3) is 44.5 Å². The van der Waals surface area contributed by atoms with Gasteiger partial charge in [0.05, 0.1) is 11.4 Å². The molecule has 2 aromatic carbocycles. The smallest absolute Gasteiger partial charge is 0.227 e. The fourth-order valence-electron chi connectivity index (χ4n) is 6.52. The number of furan rings is 1. The average Bonchev–Trinajstić information content (AvgIpc) is 3.31. The van der Waals surface area contributed by atoms with E-state index < -0.39 is 0 Å². The average molecular weight is 475 g/mol. The van der Waals surface area contributed by atoms with Gasteiger partial charge in [-0.1, -0.05) is 70.2 Å². The van der Waals surface area contributed by atoms with Crippen molar-refractivity contribution in [1.29, 1.82) is 0 Å². The molecule has 1 aliphatic rings. The van der Waals surface area contributed by atoms with Crippen LogP contribution in [-0.4, -0.2) is 9.97 Å². The number of fused-ring (bicyclic) bond motifs is 6. The number of hydrogen-bond acceptors (Lipinski definition) is 3. The van der Waals surface area contributed by atoms with Crippen LogP contribution in [0.2, 0.25) is 0 Å². The molecule has 0 N–H and O–H groups in total. The number of benzene rings is 2. The molecule has 0 unspecified atom stereocenters. The molecular formula is C33H34N2O. The van der Waals surface area contributed by atoms with E-state index in [1.807, 2.05) is 6.20 Å². The predicted molar refractivity (Wildman–Crippen MR) is 149 cm³/mol. The number of aryl methyl sites for hydroxylation is 2. The van der Waals surface area contributed by atoms with Gasteiger partial charge in [0.1, 0.15) is 5.58 Å². The van der Waals surface area contributed by atoms with E-state index in [2.05, 4.69) is 96.1 Å². The molecule has 3 aromatic heterocycles. The molecule has 0 spiro atoms. The Morgan fingerprint density at radius 2 is 1.58 bits per heavy atom. The summed E-state index contributed by atoms with van der Waals surface area (Å²) in [6.45, 7) is 13.5. The molecule has 3 nitrogen and oxygen atoms in total. The Morgan fingerprint density at radius 1 is 0.833 bits per heavy atom. The number of nitrogens with zero attached hydrogens (tertiary/aromatic N) is 2. The monoisotopic (exact) mass is 474 g/mol. The lowest BCUT2D eigenvalue weighted by atomic mass is 9.69. The minimum atomic E-state index is -0.0985. The molecule has 0 atom stereocenters. The van der Waals surface area contributed by atoms with E-state index in [1.54, 1.807) is 0 Å². The van der Waals surface area contributed by atoms with Gasteiger partial charge >= 0.3 is 0 Å². The van der Waals surface area contributed by atoms with E-state index >= 15 is 0 Å². The summed E-state index contributed by atoms with van der Waals surface area (Å²) < 4.78 is 6.63. The van der Waals surface area contributed by atoms with Gasteiger partial charge in [0.2, 0.25) is 5.71 Å². The van der Waals surface area contributed by atoms with Crippen molar-refractivity contribution in [1.82, 2.24) is 9.97 Å². The predicted octanol–water partition coefficient (Wildman–Crippen LogP) is 9.02. The first-order valence-corrected chi connectivity index (χ1v) is 13.2. The molecule has 0 radical (unpaired) electrons. The molecule has 36 heavy (non-hydrogen) atoms. The Hall–Kier alpha value is -3.46. The third-order valence-corrected chi connectivity index (χ3v) is 7.71. The zero-order valence-electron chi connectivity index (χ0n) is 22.1. The second kappa shape index (κ2) is 8.30. The number of rotatable bonds is 5. The highest BCUT2D eigenvalue weighted by Crippen LogP contribution is 2.55. The van der Waals surface area contributed by atoms with Gasteiger partial charge in [0, 0.05) is 33.5 Å². The van der Waals surface area contributed by atoms with Crippen LogP contribution in [0.3, 0.4) is 0 Å². The highest BCUT2D eigenvalue weighted by molar-refractivity contribution is 6.10. The SMILES string of the molecule is Cc1ccc(-c2c(C)ccc3c2oc2nc4c(cc23)-c2ccccc2C4(CC(C)C)CC(C)C)nc1. The lowest BCUT2D eigenvalue weighted by Crippen LogP contribution is -2.30. The van der Waals surface area contributed by atoms with E-state index in [0.29, 0.717) is 11.8 Å². The summed E-state index contributed by atoms with van der Waals surface area (Å²) in [4.78, 5) is 10.1. The van der Waals surface area contributed by atoms with Crippen LogP contribution in [0.1, 0.15) is 62.9 Å². The molecule has 0 saturated carbocycles. The Kier molecular flexibility index (Phi) is 5.29. The summed E-state index contributed by atoms with van der Waals surface area (Å²) in [5.74, 6) is 1.11. The third-order valence-electron chi connectivity index (χ3n) is 7.71. The Morgan fingerprint density at radius 3 is 2.28 bits per heavy atom. The van der Waals surface area contributed by atoms with Crippen molar-refractivity contribution in [3.05, 3.63) is 83.2 Å². The largest absolute Gasteiger partial charge is 0.437 e. The van der Waals surface area contributed by atoms with Gasteiger partial charge < -0.3 is 4.42 Å². The summed E-state index contributed by atoms with van der Waals surface area (Å²) in [5.41, 5.74) is 11.0. The van der Waals surface area contributed by atoms with E-state index in [1.165, 1.54) is 22.4 Å². The van der Waals surface area contributed by atoms with Crippen LogP contribution < -0.4 is 0 Å². The molecule has 3 heteroatoms. The summed E-state index contributed by atoms with van der Waals surface area (Å²) in [7, 11) is 0. The standard InChI is InChI=1S/C33H34N2O/c1-19(2)16-33(17-20(3)4)27-10-8-7-9-23(27)25-15-26-24-13-12-22(6)29(28-14-11-21(5)18-34-28)30(24)36-32(26)35-31(25)33/h7-15,18-20H,16-17H2,1-6H3. The quantitative estimate of drug-likeness (QED) is 0.255. The first-order chi connectivity index (χ1) is 17.3. The number of hydrogen-bond donors (Lipinski definition) is 0. The molecule has 0 amide bonds. The third kappa shape index (κ3) is 3.40. The number of pyridine rings is 2. The van der Waals surface area contributed by atoms with Crippen molar-refractivity contribution in [2.45, 2.75) is 59.8 Å². The maximum absolute atomic E-state index is 6.63. The molecule has 0 bridgehead atoms. The van der Waals surface area contributed by atoms with Crippen molar-refractivity contribution in [2.24, 2.45) is 11.8 Å².